The number of rotatable bonds is 6. The van der Waals surface area contributed by atoms with E-state index in [9.17, 15) is 8.42 Å². The second kappa shape index (κ2) is 6.43. The van der Waals surface area contributed by atoms with Crippen LogP contribution >= 0.6 is 0 Å². The maximum absolute atomic E-state index is 12.3. The van der Waals surface area contributed by atoms with Crippen molar-refractivity contribution in [2.24, 2.45) is 12.8 Å². The number of nitrogens with zero attached hydrogens (tertiary/aromatic N) is 1. The molecule has 2 aromatic rings. The van der Waals surface area contributed by atoms with Gasteiger partial charge in [0.2, 0.25) is 10.0 Å². The lowest BCUT2D eigenvalue weighted by molar-refractivity contribution is 0.581. The van der Waals surface area contributed by atoms with Crippen LogP contribution in [0.25, 0.3) is 0 Å². The summed E-state index contributed by atoms with van der Waals surface area (Å²) in [7, 11) is -1.74. The fourth-order valence-corrected chi connectivity index (χ4v) is 3.36. The van der Waals surface area contributed by atoms with E-state index in [0.29, 0.717) is 13.1 Å². The molecule has 0 atom stereocenters. The van der Waals surface area contributed by atoms with Crippen LogP contribution in [0, 0.1) is 0 Å². The van der Waals surface area contributed by atoms with E-state index in [0.717, 1.165) is 23.2 Å². The Balaban J connectivity index is 2.17. The number of aryl methyl sites for hydroxylation is 2. The number of sulfonamides is 1. The Morgan fingerprint density at radius 3 is 2.48 bits per heavy atom. The van der Waals surface area contributed by atoms with Crippen molar-refractivity contribution in [3.8, 4) is 0 Å². The van der Waals surface area contributed by atoms with Crippen LogP contribution in [0.4, 0.5) is 0 Å². The van der Waals surface area contributed by atoms with E-state index < -0.39 is 10.0 Å². The fourth-order valence-electron chi connectivity index (χ4n) is 2.26. The number of aromatic nitrogens is 1. The molecule has 0 aliphatic rings. The zero-order chi connectivity index (χ0) is 15.5. The minimum atomic E-state index is -3.52. The van der Waals surface area contributed by atoms with Crippen LogP contribution in [0.2, 0.25) is 0 Å². The van der Waals surface area contributed by atoms with Crippen LogP contribution in [0.1, 0.15) is 23.7 Å². The first-order valence-electron chi connectivity index (χ1n) is 6.89. The zero-order valence-corrected chi connectivity index (χ0v) is 13.2. The lowest BCUT2D eigenvalue weighted by atomic mass is 10.1. The van der Waals surface area contributed by atoms with Crippen LogP contribution in [0.3, 0.4) is 0 Å². The predicted molar refractivity (Wildman–Crippen MR) is 83.1 cm³/mol. The Hall–Kier alpha value is -1.63. The van der Waals surface area contributed by atoms with Crippen molar-refractivity contribution in [3.05, 3.63) is 53.3 Å². The van der Waals surface area contributed by atoms with Crippen molar-refractivity contribution in [1.29, 1.82) is 0 Å². The molecule has 0 spiro atoms. The van der Waals surface area contributed by atoms with Gasteiger partial charge >= 0.3 is 0 Å². The molecule has 0 aliphatic carbocycles. The number of benzene rings is 1. The second-order valence-electron chi connectivity index (χ2n) is 4.93. The summed E-state index contributed by atoms with van der Waals surface area (Å²) >= 11 is 0. The van der Waals surface area contributed by atoms with Crippen molar-refractivity contribution in [2.75, 3.05) is 0 Å². The van der Waals surface area contributed by atoms with Gasteiger partial charge in [0.25, 0.3) is 0 Å². The average Bonchev–Trinajstić information content (AvgIpc) is 2.87. The van der Waals surface area contributed by atoms with E-state index in [-0.39, 0.29) is 4.90 Å². The Kier molecular flexibility index (Phi) is 4.82. The highest BCUT2D eigenvalue weighted by atomic mass is 32.2. The minimum Gasteiger partial charge on any atom is -0.352 e. The molecule has 0 amide bonds. The molecule has 0 fully saturated rings. The monoisotopic (exact) mass is 307 g/mol. The van der Waals surface area contributed by atoms with Gasteiger partial charge in [-0.3, -0.25) is 0 Å². The van der Waals surface area contributed by atoms with Gasteiger partial charge in [0.15, 0.2) is 0 Å². The summed E-state index contributed by atoms with van der Waals surface area (Å²) < 4.78 is 29.0. The first-order chi connectivity index (χ1) is 9.97. The molecule has 0 radical (unpaired) electrons. The Bertz CT molecular complexity index is 720. The summed E-state index contributed by atoms with van der Waals surface area (Å²) in [6, 6.07) is 9.43. The van der Waals surface area contributed by atoms with Gasteiger partial charge in [-0.05, 0) is 23.6 Å². The van der Waals surface area contributed by atoms with Gasteiger partial charge in [0.05, 0.1) is 4.90 Å². The third-order valence-corrected chi connectivity index (χ3v) is 4.92. The Morgan fingerprint density at radius 2 is 1.90 bits per heavy atom. The molecule has 5 nitrogen and oxygen atoms in total. The first-order valence-corrected chi connectivity index (χ1v) is 8.38. The quantitative estimate of drug-likeness (QED) is 0.849. The van der Waals surface area contributed by atoms with Crippen molar-refractivity contribution in [2.45, 2.75) is 31.3 Å². The van der Waals surface area contributed by atoms with E-state index in [2.05, 4.69) is 11.6 Å². The van der Waals surface area contributed by atoms with Crippen molar-refractivity contribution in [3.63, 3.8) is 0 Å². The van der Waals surface area contributed by atoms with Crippen LogP contribution in [0.15, 0.2) is 41.4 Å². The third kappa shape index (κ3) is 3.53. The molecule has 0 unspecified atom stereocenters. The molecule has 1 aromatic heterocycles. The first kappa shape index (κ1) is 15.8. The molecule has 3 N–H and O–H groups in total. The summed E-state index contributed by atoms with van der Waals surface area (Å²) in [6.45, 7) is 2.65. The molecule has 0 saturated carbocycles. The predicted octanol–water partition coefficient (Wildman–Crippen LogP) is 1.52. The molecule has 6 heteroatoms. The number of hydrogen-bond acceptors (Lipinski definition) is 3. The fraction of sp³-hybridized carbons (Fsp3) is 0.333. The molecule has 0 aliphatic heterocycles. The summed E-state index contributed by atoms with van der Waals surface area (Å²) in [5, 5.41) is 0. The second-order valence-corrected chi connectivity index (χ2v) is 6.70. The topological polar surface area (TPSA) is 77.1 Å². The molecule has 0 saturated heterocycles. The lowest BCUT2D eigenvalue weighted by Gasteiger charge is -2.09. The van der Waals surface area contributed by atoms with Crippen LogP contribution in [0.5, 0.6) is 0 Å². The van der Waals surface area contributed by atoms with Crippen molar-refractivity contribution >= 4 is 10.0 Å². The number of hydrogen-bond donors (Lipinski definition) is 2. The molecule has 1 heterocycles. The number of nitrogens with one attached hydrogen (secondary N) is 1. The maximum Gasteiger partial charge on any atom is 0.242 e. The highest BCUT2D eigenvalue weighted by Crippen LogP contribution is 2.15. The van der Waals surface area contributed by atoms with Gasteiger partial charge in [-0.15, -0.1) is 0 Å². The standard InChI is InChI=1S/C15H21N3O2S/c1-3-12-6-4-5-7-13(12)10-17-21(19,20)15-8-14(9-16)18(2)11-15/h4-8,11,17H,3,9-10,16H2,1-2H3. The van der Waals surface area contributed by atoms with E-state index in [1.807, 2.05) is 24.3 Å². The molecule has 1 aromatic carbocycles. The normalized spacial score (nSPS) is 11.8. The minimum absolute atomic E-state index is 0.249. The van der Waals surface area contributed by atoms with Crippen LogP contribution in [-0.4, -0.2) is 13.0 Å². The molecule has 114 valence electrons. The summed E-state index contributed by atoms with van der Waals surface area (Å²) in [6.07, 6.45) is 2.46. The van der Waals surface area contributed by atoms with Gasteiger partial charge in [-0.1, -0.05) is 31.2 Å². The van der Waals surface area contributed by atoms with Gasteiger partial charge in [-0.2, -0.15) is 0 Å². The van der Waals surface area contributed by atoms with Gasteiger partial charge in [-0.25, -0.2) is 13.1 Å². The van der Waals surface area contributed by atoms with E-state index >= 15 is 0 Å². The van der Waals surface area contributed by atoms with E-state index in [1.54, 1.807) is 23.9 Å². The SMILES string of the molecule is CCc1ccccc1CNS(=O)(=O)c1cc(CN)n(C)c1. The van der Waals surface area contributed by atoms with Crippen LogP contribution in [-0.2, 0) is 36.6 Å². The average molecular weight is 307 g/mol. The Morgan fingerprint density at radius 1 is 1.24 bits per heavy atom. The van der Waals surface area contributed by atoms with Gasteiger partial charge in [0, 0.05) is 32.0 Å². The lowest BCUT2D eigenvalue weighted by Crippen LogP contribution is -2.23. The largest absolute Gasteiger partial charge is 0.352 e. The van der Waals surface area contributed by atoms with E-state index in [1.165, 1.54) is 0 Å². The molecular formula is C15H21N3O2S. The molecule has 2 rings (SSSR count). The summed E-state index contributed by atoms with van der Waals surface area (Å²) in [5.41, 5.74) is 8.50. The molecule has 0 bridgehead atoms. The Labute approximate surface area is 125 Å². The van der Waals surface area contributed by atoms with Crippen molar-refractivity contribution in [1.82, 2.24) is 9.29 Å². The van der Waals surface area contributed by atoms with E-state index in [4.69, 9.17) is 5.73 Å². The highest BCUT2D eigenvalue weighted by molar-refractivity contribution is 7.89. The van der Waals surface area contributed by atoms with Gasteiger partial charge in [0.1, 0.15) is 0 Å². The smallest absolute Gasteiger partial charge is 0.242 e. The van der Waals surface area contributed by atoms with Crippen LogP contribution < -0.4 is 10.5 Å². The summed E-state index contributed by atoms with van der Waals surface area (Å²) in [4.78, 5) is 0.249. The number of nitrogens with two attached hydrogens (primary N) is 1. The highest BCUT2D eigenvalue weighted by Gasteiger charge is 2.17. The summed E-state index contributed by atoms with van der Waals surface area (Å²) in [5.74, 6) is 0. The zero-order valence-electron chi connectivity index (χ0n) is 12.3. The van der Waals surface area contributed by atoms with Gasteiger partial charge < -0.3 is 10.3 Å². The maximum atomic E-state index is 12.3. The third-order valence-electron chi connectivity index (χ3n) is 3.55. The van der Waals surface area contributed by atoms with Crippen molar-refractivity contribution < 1.29 is 8.42 Å². The molecular weight excluding hydrogens is 286 g/mol. The molecule has 21 heavy (non-hydrogen) atoms.